The lowest BCUT2D eigenvalue weighted by atomic mass is 10.0. The van der Waals surface area contributed by atoms with Crippen molar-refractivity contribution in [3.8, 4) is 0 Å². The second kappa shape index (κ2) is 6.84. The Kier molecular flexibility index (Phi) is 5.07. The molecule has 1 aromatic rings. The van der Waals surface area contributed by atoms with Crippen LogP contribution in [0.2, 0.25) is 5.02 Å². The largest absolute Gasteiger partial charge is 0.339 e. The van der Waals surface area contributed by atoms with Crippen molar-refractivity contribution >= 4 is 40.1 Å². The molecule has 0 N–H and O–H groups in total. The summed E-state index contributed by atoms with van der Waals surface area (Å²) in [7, 11) is 0. The van der Waals surface area contributed by atoms with Gasteiger partial charge in [0, 0.05) is 28.3 Å². The number of amides is 1. The summed E-state index contributed by atoms with van der Waals surface area (Å²) in [5.41, 5.74) is 0.708. The summed E-state index contributed by atoms with van der Waals surface area (Å²) in [5.74, 6) is 0.119. The third-order valence-electron chi connectivity index (χ3n) is 4.58. The highest BCUT2D eigenvalue weighted by atomic mass is 127. The van der Waals surface area contributed by atoms with E-state index in [0.29, 0.717) is 16.6 Å². The summed E-state index contributed by atoms with van der Waals surface area (Å²) in [6.07, 6.45) is 4.87. The Labute approximate surface area is 144 Å². The predicted octanol–water partition coefficient (Wildman–Crippen LogP) is 3.65. The molecule has 2 aliphatic heterocycles. The van der Waals surface area contributed by atoms with Gasteiger partial charge in [0.05, 0.1) is 5.02 Å². The summed E-state index contributed by atoms with van der Waals surface area (Å²) >= 11 is 8.30. The molecule has 0 radical (unpaired) electrons. The van der Waals surface area contributed by atoms with Crippen molar-refractivity contribution in [1.82, 2.24) is 9.80 Å². The van der Waals surface area contributed by atoms with Gasteiger partial charge in [-0.2, -0.15) is 0 Å². The van der Waals surface area contributed by atoms with Crippen molar-refractivity contribution in [2.45, 2.75) is 31.7 Å². The molecule has 0 unspecified atom stereocenters. The van der Waals surface area contributed by atoms with Crippen LogP contribution >= 0.6 is 34.2 Å². The van der Waals surface area contributed by atoms with Gasteiger partial charge in [0.2, 0.25) is 0 Å². The minimum absolute atomic E-state index is 0.119. The van der Waals surface area contributed by atoms with Crippen LogP contribution in [-0.2, 0) is 0 Å². The van der Waals surface area contributed by atoms with Crippen molar-refractivity contribution in [3.63, 3.8) is 0 Å². The van der Waals surface area contributed by atoms with Crippen LogP contribution in [0.25, 0.3) is 0 Å². The first-order valence-electron chi connectivity index (χ1n) is 7.63. The topological polar surface area (TPSA) is 23.6 Å². The average molecular weight is 419 g/mol. The van der Waals surface area contributed by atoms with Gasteiger partial charge in [0.15, 0.2) is 0 Å². The average Bonchev–Trinajstić information content (AvgIpc) is 3.04. The fourth-order valence-corrected chi connectivity index (χ4v) is 3.87. The number of carbonyl (C=O) groups is 1. The number of benzene rings is 1. The van der Waals surface area contributed by atoms with Gasteiger partial charge in [-0.05, 0) is 79.6 Å². The molecule has 2 aliphatic rings. The number of nitrogens with zero attached hydrogens (tertiary/aromatic N) is 2. The molecule has 0 spiro atoms. The lowest BCUT2D eigenvalue weighted by molar-refractivity contribution is 0.0644. The highest BCUT2D eigenvalue weighted by Gasteiger charge is 2.28. The van der Waals surface area contributed by atoms with E-state index in [1.165, 1.54) is 25.9 Å². The van der Waals surface area contributed by atoms with Crippen LogP contribution in [0.1, 0.15) is 36.0 Å². The molecular formula is C16H20ClIN2O. The highest BCUT2D eigenvalue weighted by molar-refractivity contribution is 14.1. The van der Waals surface area contributed by atoms with E-state index in [2.05, 4.69) is 27.5 Å². The molecule has 0 bridgehead atoms. The number of hydrogen-bond donors (Lipinski definition) is 0. The summed E-state index contributed by atoms with van der Waals surface area (Å²) < 4.78 is 0.985. The normalized spacial score (nSPS) is 21.0. The van der Waals surface area contributed by atoms with Crippen molar-refractivity contribution in [3.05, 3.63) is 32.4 Å². The van der Waals surface area contributed by atoms with E-state index < -0.39 is 0 Å². The predicted molar refractivity (Wildman–Crippen MR) is 93.9 cm³/mol. The quantitative estimate of drug-likeness (QED) is 0.685. The van der Waals surface area contributed by atoms with Gasteiger partial charge >= 0.3 is 0 Å². The van der Waals surface area contributed by atoms with Crippen LogP contribution in [0.5, 0.6) is 0 Å². The SMILES string of the molecule is O=C(c1ccc(I)c(Cl)c1)N1CCC(N2CCCC2)CC1. The van der Waals surface area contributed by atoms with E-state index >= 15 is 0 Å². The molecule has 0 saturated carbocycles. The molecule has 0 atom stereocenters. The van der Waals surface area contributed by atoms with Gasteiger partial charge in [-0.25, -0.2) is 0 Å². The van der Waals surface area contributed by atoms with Crippen LogP contribution in [0.4, 0.5) is 0 Å². The van der Waals surface area contributed by atoms with E-state index in [0.717, 1.165) is 29.5 Å². The van der Waals surface area contributed by atoms with Crippen LogP contribution in [0.3, 0.4) is 0 Å². The van der Waals surface area contributed by atoms with Gasteiger partial charge in [0.25, 0.3) is 5.91 Å². The zero-order valence-corrected chi connectivity index (χ0v) is 14.9. The Morgan fingerprint density at radius 3 is 2.43 bits per heavy atom. The Morgan fingerprint density at radius 2 is 1.81 bits per heavy atom. The van der Waals surface area contributed by atoms with E-state index in [9.17, 15) is 4.79 Å². The van der Waals surface area contributed by atoms with Gasteiger partial charge in [0.1, 0.15) is 0 Å². The van der Waals surface area contributed by atoms with E-state index in [4.69, 9.17) is 11.6 Å². The van der Waals surface area contributed by atoms with Crippen LogP contribution in [0.15, 0.2) is 18.2 Å². The maximum atomic E-state index is 12.5. The van der Waals surface area contributed by atoms with Gasteiger partial charge in [-0.15, -0.1) is 0 Å². The first-order chi connectivity index (χ1) is 10.1. The molecule has 21 heavy (non-hydrogen) atoms. The Morgan fingerprint density at radius 1 is 1.14 bits per heavy atom. The minimum Gasteiger partial charge on any atom is -0.339 e. The molecule has 2 fully saturated rings. The molecule has 0 aliphatic carbocycles. The lowest BCUT2D eigenvalue weighted by Crippen LogP contribution is -2.45. The zero-order valence-electron chi connectivity index (χ0n) is 12.0. The standard InChI is InChI=1S/C16H20ClIN2O/c17-14-11-12(3-4-15(14)18)16(21)20-9-5-13(6-10-20)19-7-1-2-8-19/h3-4,11,13H,1-2,5-10H2. The van der Waals surface area contributed by atoms with E-state index in [1.54, 1.807) is 6.07 Å². The number of hydrogen-bond acceptors (Lipinski definition) is 2. The molecule has 114 valence electrons. The third kappa shape index (κ3) is 3.54. The maximum Gasteiger partial charge on any atom is 0.253 e. The first kappa shape index (κ1) is 15.6. The van der Waals surface area contributed by atoms with E-state index in [1.807, 2.05) is 17.0 Å². The fourth-order valence-electron chi connectivity index (χ4n) is 3.35. The second-order valence-corrected chi connectivity index (χ2v) is 7.46. The molecule has 5 heteroatoms. The van der Waals surface area contributed by atoms with Crippen molar-refractivity contribution < 1.29 is 4.79 Å². The number of likely N-dealkylation sites (tertiary alicyclic amines) is 2. The summed E-state index contributed by atoms with van der Waals surface area (Å²) in [6, 6.07) is 6.25. The molecule has 3 nitrogen and oxygen atoms in total. The maximum absolute atomic E-state index is 12.5. The number of rotatable bonds is 2. The fraction of sp³-hybridized carbons (Fsp3) is 0.562. The smallest absolute Gasteiger partial charge is 0.253 e. The third-order valence-corrected chi connectivity index (χ3v) is 6.15. The van der Waals surface area contributed by atoms with Gasteiger partial charge in [-0.3, -0.25) is 4.79 Å². The number of carbonyl (C=O) groups excluding carboxylic acids is 1. The number of halogens is 2. The minimum atomic E-state index is 0.119. The summed E-state index contributed by atoms with van der Waals surface area (Å²) in [5, 5.41) is 0.661. The van der Waals surface area contributed by atoms with Gasteiger partial charge in [-0.1, -0.05) is 11.6 Å². The molecule has 2 saturated heterocycles. The Balaban J connectivity index is 1.60. The number of piperidine rings is 1. The van der Waals surface area contributed by atoms with Crippen LogP contribution < -0.4 is 0 Å². The zero-order chi connectivity index (χ0) is 14.8. The summed E-state index contributed by atoms with van der Waals surface area (Å²) in [6.45, 7) is 4.21. The molecule has 2 heterocycles. The van der Waals surface area contributed by atoms with Crippen molar-refractivity contribution in [1.29, 1.82) is 0 Å². The highest BCUT2D eigenvalue weighted by Crippen LogP contribution is 2.24. The van der Waals surface area contributed by atoms with E-state index in [-0.39, 0.29) is 5.91 Å². The Hall–Kier alpha value is -0.330. The monoisotopic (exact) mass is 418 g/mol. The van der Waals surface area contributed by atoms with Crippen molar-refractivity contribution in [2.24, 2.45) is 0 Å². The Bertz CT molecular complexity index is 523. The van der Waals surface area contributed by atoms with Gasteiger partial charge < -0.3 is 9.80 Å². The molecule has 0 aromatic heterocycles. The van der Waals surface area contributed by atoms with Crippen LogP contribution in [-0.4, -0.2) is 47.9 Å². The lowest BCUT2D eigenvalue weighted by Gasteiger charge is -2.36. The molecule has 1 amide bonds. The molecule has 3 rings (SSSR count). The second-order valence-electron chi connectivity index (χ2n) is 5.90. The van der Waals surface area contributed by atoms with Crippen LogP contribution in [0, 0.1) is 3.57 Å². The summed E-state index contributed by atoms with van der Waals surface area (Å²) in [4.78, 5) is 17.1. The molecule has 1 aromatic carbocycles. The van der Waals surface area contributed by atoms with Crippen molar-refractivity contribution in [2.75, 3.05) is 26.2 Å². The first-order valence-corrected chi connectivity index (χ1v) is 9.09. The molecular weight excluding hydrogens is 399 g/mol.